The first kappa shape index (κ1) is 11.0. The molecule has 0 unspecified atom stereocenters. The molecule has 1 aliphatic carbocycles. The van der Waals surface area contributed by atoms with Crippen LogP contribution < -0.4 is 5.32 Å². The summed E-state index contributed by atoms with van der Waals surface area (Å²) < 4.78 is 0. The van der Waals surface area contributed by atoms with Crippen LogP contribution in [0.25, 0.3) is 0 Å². The first-order valence-corrected chi connectivity index (χ1v) is 5.89. The molecule has 78 valence electrons. The predicted octanol–water partition coefficient (Wildman–Crippen LogP) is 3.20. The molecule has 0 aromatic carbocycles. The lowest BCUT2D eigenvalue weighted by molar-refractivity contribution is 0.114. The minimum atomic E-state index is 0.698. The molecule has 0 saturated heterocycles. The monoisotopic (exact) mass is 183 g/mol. The van der Waals surface area contributed by atoms with Gasteiger partial charge in [-0.25, -0.2) is 0 Å². The maximum Gasteiger partial charge on any atom is 0.000792 e. The zero-order valence-electron chi connectivity index (χ0n) is 9.53. The van der Waals surface area contributed by atoms with Crippen LogP contribution in [-0.2, 0) is 0 Å². The topological polar surface area (TPSA) is 12.0 Å². The highest BCUT2D eigenvalue weighted by Crippen LogP contribution is 2.44. The summed E-state index contributed by atoms with van der Waals surface area (Å²) in [5.74, 6) is 0.791. The molecule has 0 atom stereocenters. The van der Waals surface area contributed by atoms with E-state index in [1.807, 2.05) is 0 Å². The summed E-state index contributed by atoms with van der Waals surface area (Å²) in [6.07, 6.45) is 7.17. The van der Waals surface area contributed by atoms with Crippen molar-refractivity contribution in [3.05, 3.63) is 0 Å². The van der Waals surface area contributed by atoms with Crippen LogP contribution in [0.1, 0.15) is 52.9 Å². The van der Waals surface area contributed by atoms with Crippen molar-refractivity contribution in [2.24, 2.45) is 11.3 Å². The van der Waals surface area contributed by atoms with Crippen molar-refractivity contribution in [2.75, 3.05) is 13.1 Å². The van der Waals surface area contributed by atoms with Gasteiger partial charge in [0.25, 0.3) is 0 Å². The van der Waals surface area contributed by atoms with Gasteiger partial charge in [0.15, 0.2) is 0 Å². The molecule has 1 rings (SSSR count). The zero-order chi connectivity index (χ0) is 9.73. The lowest BCUT2D eigenvalue weighted by atomic mass is 9.66. The van der Waals surface area contributed by atoms with Crippen molar-refractivity contribution in [1.29, 1.82) is 0 Å². The van der Waals surface area contributed by atoms with Crippen molar-refractivity contribution >= 4 is 0 Å². The molecule has 0 radical (unpaired) electrons. The SMILES string of the molecule is CCCC1(CNCC(C)C)CCC1. The zero-order valence-corrected chi connectivity index (χ0v) is 9.53. The second kappa shape index (κ2) is 4.99. The molecular weight excluding hydrogens is 158 g/mol. The minimum absolute atomic E-state index is 0.698. The fourth-order valence-corrected chi connectivity index (χ4v) is 2.35. The van der Waals surface area contributed by atoms with Crippen LogP contribution >= 0.6 is 0 Å². The lowest BCUT2D eigenvalue weighted by Gasteiger charge is -2.42. The maximum absolute atomic E-state index is 3.61. The Bertz CT molecular complexity index is 136. The Kier molecular flexibility index (Phi) is 4.24. The fraction of sp³-hybridized carbons (Fsp3) is 1.00. The molecule has 0 aromatic rings. The van der Waals surface area contributed by atoms with Crippen LogP contribution in [0.4, 0.5) is 0 Å². The number of hydrogen-bond donors (Lipinski definition) is 1. The van der Waals surface area contributed by atoms with E-state index in [4.69, 9.17) is 0 Å². The number of rotatable bonds is 6. The van der Waals surface area contributed by atoms with E-state index in [1.54, 1.807) is 0 Å². The Morgan fingerprint density at radius 1 is 1.31 bits per heavy atom. The van der Waals surface area contributed by atoms with Crippen LogP contribution in [0, 0.1) is 11.3 Å². The number of hydrogen-bond acceptors (Lipinski definition) is 1. The van der Waals surface area contributed by atoms with E-state index < -0.39 is 0 Å². The fourth-order valence-electron chi connectivity index (χ4n) is 2.35. The van der Waals surface area contributed by atoms with Gasteiger partial charge in [0.05, 0.1) is 0 Å². The average Bonchev–Trinajstić information content (AvgIpc) is 1.99. The molecule has 1 heteroatoms. The van der Waals surface area contributed by atoms with Gasteiger partial charge in [0.2, 0.25) is 0 Å². The first-order chi connectivity index (χ1) is 6.18. The van der Waals surface area contributed by atoms with Crippen LogP contribution in [0.15, 0.2) is 0 Å². The van der Waals surface area contributed by atoms with E-state index in [1.165, 1.54) is 45.2 Å². The predicted molar refractivity (Wildman–Crippen MR) is 58.9 cm³/mol. The summed E-state index contributed by atoms with van der Waals surface area (Å²) in [4.78, 5) is 0. The molecule has 1 saturated carbocycles. The summed E-state index contributed by atoms with van der Waals surface area (Å²) in [6.45, 7) is 9.31. The Labute approximate surface area is 83.3 Å². The number of nitrogens with one attached hydrogen (secondary N) is 1. The molecule has 1 fully saturated rings. The van der Waals surface area contributed by atoms with E-state index in [9.17, 15) is 0 Å². The summed E-state index contributed by atoms with van der Waals surface area (Å²) in [6, 6.07) is 0. The quantitative estimate of drug-likeness (QED) is 0.667. The molecule has 0 spiro atoms. The van der Waals surface area contributed by atoms with Gasteiger partial charge in [-0.15, -0.1) is 0 Å². The second-order valence-corrected chi connectivity index (χ2v) is 5.13. The minimum Gasteiger partial charge on any atom is -0.316 e. The van der Waals surface area contributed by atoms with Crippen LogP contribution in [0.5, 0.6) is 0 Å². The molecular formula is C12H25N. The van der Waals surface area contributed by atoms with E-state index in [-0.39, 0.29) is 0 Å². The highest BCUT2D eigenvalue weighted by molar-refractivity contribution is 4.89. The van der Waals surface area contributed by atoms with Crippen molar-refractivity contribution in [3.63, 3.8) is 0 Å². The molecule has 0 amide bonds. The normalized spacial score (nSPS) is 20.3. The van der Waals surface area contributed by atoms with Gasteiger partial charge in [0.1, 0.15) is 0 Å². The molecule has 0 heterocycles. The molecule has 0 aromatic heterocycles. The van der Waals surface area contributed by atoms with Crippen LogP contribution in [0.3, 0.4) is 0 Å². The van der Waals surface area contributed by atoms with Crippen LogP contribution in [0.2, 0.25) is 0 Å². The molecule has 0 aliphatic heterocycles. The molecule has 1 aliphatic rings. The van der Waals surface area contributed by atoms with Crippen molar-refractivity contribution in [3.8, 4) is 0 Å². The van der Waals surface area contributed by atoms with Gasteiger partial charge < -0.3 is 5.32 Å². The summed E-state index contributed by atoms with van der Waals surface area (Å²) >= 11 is 0. The van der Waals surface area contributed by atoms with Gasteiger partial charge in [0, 0.05) is 6.54 Å². The molecule has 0 bridgehead atoms. The van der Waals surface area contributed by atoms with Crippen molar-refractivity contribution < 1.29 is 0 Å². The smallest absolute Gasteiger partial charge is 0.000792 e. The summed E-state index contributed by atoms with van der Waals surface area (Å²) in [7, 11) is 0. The third kappa shape index (κ3) is 3.30. The van der Waals surface area contributed by atoms with Gasteiger partial charge in [-0.1, -0.05) is 33.6 Å². The van der Waals surface area contributed by atoms with Gasteiger partial charge in [-0.2, -0.15) is 0 Å². The van der Waals surface area contributed by atoms with Gasteiger partial charge in [-0.05, 0) is 37.1 Å². The van der Waals surface area contributed by atoms with Crippen molar-refractivity contribution in [2.45, 2.75) is 52.9 Å². The largest absolute Gasteiger partial charge is 0.316 e. The third-order valence-electron chi connectivity index (χ3n) is 3.25. The van der Waals surface area contributed by atoms with E-state index in [0.29, 0.717) is 5.41 Å². The lowest BCUT2D eigenvalue weighted by Crippen LogP contribution is -2.40. The summed E-state index contributed by atoms with van der Waals surface area (Å²) in [5, 5.41) is 3.61. The Morgan fingerprint density at radius 2 is 2.00 bits per heavy atom. The third-order valence-corrected chi connectivity index (χ3v) is 3.25. The molecule has 1 nitrogen and oxygen atoms in total. The maximum atomic E-state index is 3.61. The Balaban J connectivity index is 2.16. The van der Waals surface area contributed by atoms with Gasteiger partial charge >= 0.3 is 0 Å². The van der Waals surface area contributed by atoms with E-state index in [2.05, 4.69) is 26.1 Å². The molecule has 13 heavy (non-hydrogen) atoms. The first-order valence-electron chi connectivity index (χ1n) is 5.89. The second-order valence-electron chi connectivity index (χ2n) is 5.13. The highest BCUT2D eigenvalue weighted by Gasteiger charge is 2.35. The van der Waals surface area contributed by atoms with E-state index in [0.717, 1.165) is 5.92 Å². The molecule has 1 N–H and O–H groups in total. The standard InChI is InChI=1S/C12H25N/c1-4-6-12(7-5-8-12)10-13-9-11(2)3/h11,13H,4-10H2,1-3H3. The average molecular weight is 183 g/mol. The Hall–Kier alpha value is -0.0400. The van der Waals surface area contributed by atoms with Crippen molar-refractivity contribution in [1.82, 2.24) is 5.32 Å². The van der Waals surface area contributed by atoms with Gasteiger partial charge in [-0.3, -0.25) is 0 Å². The Morgan fingerprint density at radius 3 is 2.38 bits per heavy atom. The van der Waals surface area contributed by atoms with Crippen LogP contribution in [-0.4, -0.2) is 13.1 Å². The summed E-state index contributed by atoms with van der Waals surface area (Å²) in [5.41, 5.74) is 0.698. The highest BCUT2D eigenvalue weighted by atomic mass is 14.9. The van der Waals surface area contributed by atoms with E-state index >= 15 is 0 Å².